The van der Waals surface area contributed by atoms with Crippen LogP contribution in [0.2, 0.25) is 0 Å². The van der Waals surface area contributed by atoms with E-state index in [1.54, 1.807) is 18.2 Å². The highest BCUT2D eigenvalue weighted by Crippen LogP contribution is 2.35. The van der Waals surface area contributed by atoms with Gasteiger partial charge in [0.05, 0.1) is 0 Å². The van der Waals surface area contributed by atoms with Gasteiger partial charge in [-0.05, 0) is 60.9 Å². The van der Waals surface area contributed by atoms with Crippen molar-refractivity contribution in [2.24, 2.45) is 0 Å². The van der Waals surface area contributed by atoms with Crippen molar-refractivity contribution in [3.05, 3.63) is 58.7 Å². The van der Waals surface area contributed by atoms with Crippen LogP contribution in [-0.4, -0.2) is 12.7 Å². The van der Waals surface area contributed by atoms with E-state index in [0.29, 0.717) is 17.2 Å². The molecule has 24 heavy (non-hydrogen) atoms. The van der Waals surface area contributed by atoms with Gasteiger partial charge in [0.2, 0.25) is 6.79 Å². The number of aryl methyl sites for hydroxylation is 2. The Morgan fingerprint density at radius 3 is 2.67 bits per heavy atom. The van der Waals surface area contributed by atoms with Crippen LogP contribution in [0.1, 0.15) is 16.7 Å². The van der Waals surface area contributed by atoms with Crippen LogP contribution < -0.4 is 14.8 Å². The first-order valence-corrected chi connectivity index (χ1v) is 7.47. The quantitative estimate of drug-likeness (QED) is 0.693. The van der Waals surface area contributed by atoms with Crippen LogP contribution >= 0.6 is 0 Å². The number of nitrogens with zero attached hydrogens (tertiary/aromatic N) is 1. The van der Waals surface area contributed by atoms with Gasteiger partial charge in [0, 0.05) is 5.69 Å². The molecule has 0 bridgehead atoms. The average Bonchev–Trinajstić information content (AvgIpc) is 2.99. The van der Waals surface area contributed by atoms with Gasteiger partial charge in [0.15, 0.2) is 11.5 Å². The van der Waals surface area contributed by atoms with Gasteiger partial charge in [-0.1, -0.05) is 12.1 Å². The van der Waals surface area contributed by atoms with Crippen LogP contribution in [0.25, 0.3) is 6.08 Å². The van der Waals surface area contributed by atoms with Gasteiger partial charge in [-0.25, -0.2) is 0 Å². The fourth-order valence-electron chi connectivity index (χ4n) is 2.44. The minimum atomic E-state index is -0.444. The number of nitriles is 1. The second-order valence-corrected chi connectivity index (χ2v) is 5.56. The third-order valence-corrected chi connectivity index (χ3v) is 3.70. The van der Waals surface area contributed by atoms with E-state index in [2.05, 4.69) is 5.32 Å². The fraction of sp³-hybridized carbons (Fsp3) is 0.158. The molecule has 5 nitrogen and oxygen atoms in total. The van der Waals surface area contributed by atoms with Crippen molar-refractivity contribution in [1.29, 1.82) is 5.26 Å². The summed E-state index contributed by atoms with van der Waals surface area (Å²) in [7, 11) is 0. The SMILES string of the molecule is Cc1cccc(NC(=O)/C(C#N)=C/c2cc3c(cc2C)OCO3)c1. The zero-order valence-corrected chi connectivity index (χ0v) is 13.4. The molecule has 0 saturated carbocycles. The third kappa shape index (κ3) is 3.23. The zero-order valence-electron chi connectivity index (χ0n) is 13.4. The monoisotopic (exact) mass is 320 g/mol. The van der Waals surface area contributed by atoms with Crippen molar-refractivity contribution >= 4 is 17.7 Å². The average molecular weight is 320 g/mol. The number of rotatable bonds is 3. The molecule has 1 heterocycles. The van der Waals surface area contributed by atoms with Gasteiger partial charge in [-0.3, -0.25) is 4.79 Å². The van der Waals surface area contributed by atoms with Crippen LogP contribution in [0.15, 0.2) is 42.0 Å². The highest BCUT2D eigenvalue weighted by Gasteiger charge is 2.16. The first-order valence-electron chi connectivity index (χ1n) is 7.47. The molecule has 3 rings (SSSR count). The Morgan fingerprint density at radius 1 is 1.21 bits per heavy atom. The Labute approximate surface area is 140 Å². The van der Waals surface area contributed by atoms with Gasteiger partial charge >= 0.3 is 0 Å². The second kappa shape index (κ2) is 6.47. The van der Waals surface area contributed by atoms with E-state index in [9.17, 15) is 10.1 Å². The number of amides is 1. The number of fused-ring (bicyclic) bond motifs is 1. The third-order valence-electron chi connectivity index (χ3n) is 3.70. The summed E-state index contributed by atoms with van der Waals surface area (Å²) in [4.78, 5) is 12.3. The lowest BCUT2D eigenvalue weighted by molar-refractivity contribution is -0.112. The maximum Gasteiger partial charge on any atom is 0.266 e. The molecule has 2 aromatic carbocycles. The summed E-state index contributed by atoms with van der Waals surface area (Å²) >= 11 is 0. The molecule has 2 aromatic rings. The number of hydrogen-bond donors (Lipinski definition) is 1. The molecule has 0 spiro atoms. The molecule has 1 aliphatic heterocycles. The molecule has 0 unspecified atom stereocenters. The number of hydrogen-bond acceptors (Lipinski definition) is 4. The van der Waals surface area contributed by atoms with E-state index >= 15 is 0 Å². The number of nitrogens with one attached hydrogen (secondary N) is 1. The summed E-state index contributed by atoms with van der Waals surface area (Å²) < 4.78 is 10.7. The molecule has 0 saturated heterocycles. The molecular weight excluding hydrogens is 304 g/mol. The van der Waals surface area contributed by atoms with Crippen molar-refractivity contribution in [2.75, 3.05) is 12.1 Å². The molecular formula is C19H16N2O3. The molecule has 1 N–H and O–H groups in total. The van der Waals surface area contributed by atoms with E-state index in [-0.39, 0.29) is 12.4 Å². The highest BCUT2D eigenvalue weighted by molar-refractivity contribution is 6.09. The summed E-state index contributed by atoms with van der Waals surface area (Å²) in [6.07, 6.45) is 1.56. The molecule has 1 amide bonds. The first-order chi connectivity index (χ1) is 11.6. The van der Waals surface area contributed by atoms with Gasteiger partial charge in [-0.15, -0.1) is 0 Å². The number of benzene rings is 2. The molecule has 1 aliphatic rings. The maximum atomic E-state index is 12.3. The minimum Gasteiger partial charge on any atom is -0.454 e. The highest BCUT2D eigenvalue weighted by atomic mass is 16.7. The van der Waals surface area contributed by atoms with Gasteiger partial charge in [0.1, 0.15) is 11.6 Å². The summed E-state index contributed by atoms with van der Waals surface area (Å²) in [5.41, 5.74) is 3.36. The largest absolute Gasteiger partial charge is 0.454 e. The van der Waals surface area contributed by atoms with Crippen LogP contribution in [0.4, 0.5) is 5.69 Å². The van der Waals surface area contributed by atoms with Crippen LogP contribution in [-0.2, 0) is 4.79 Å². The van der Waals surface area contributed by atoms with E-state index in [4.69, 9.17) is 9.47 Å². The molecule has 0 atom stereocenters. The van der Waals surface area contributed by atoms with Gasteiger partial charge < -0.3 is 14.8 Å². The summed E-state index contributed by atoms with van der Waals surface area (Å²) in [5, 5.41) is 12.1. The normalized spacial score (nSPS) is 12.6. The number of ether oxygens (including phenoxy) is 2. The molecule has 120 valence electrons. The molecule has 5 heteroatoms. The fourth-order valence-corrected chi connectivity index (χ4v) is 2.44. The smallest absolute Gasteiger partial charge is 0.266 e. The summed E-state index contributed by atoms with van der Waals surface area (Å²) in [6.45, 7) is 4.01. The number of carbonyl (C=O) groups excluding carboxylic acids is 1. The Morgan fingerprint density at radius 2 is 1.96 bits per heavy atom. The lowest BCUT2D eigenvalue weighted by atomic mass is 10.0. The van der Waals surface area contributed by atoms with Gasteiger partial charge in [-0.2, -0.15) is 5.26 Å². The second-order valence-electron chi connectivity index (χ2n) is 5.56. The molecule has 0 radical (unpaired) electrons. The predicted molar refractivity (Wildman–Crippen MR) is 90.7 cm³/mol. The molecule has 0 aliphatic carbocycles. The summed E-state index contributed by atoms with van der Waals surface area (Å²) in [5.74, 6) is 0.843. The van der Waals surface area contributed by atoms with Crippen molar-refractivity contribution in [2.45, 2.75) is 13.8 Å². The lowest BCUT2D eigenvalue weighted by Gasteiger charge is -2.07. The van der Waals surface area contributed by atoms with Crippen molar-refractivity contribution < 1.29 is 14.3 Å². The standard InChI is InChI=1S/C19H16N2O3/c1-12-4-3-5-16(6-12)21-19(22)15(10-20)8-14-9-18-17(7-13(14)2)23-11-24-18/h3-9H,11H2,1-2H3,(H,21,22)/b15-8+. The van der Waals surface area contributed by atoms with Crippen molar-refractivity contribution in [3.8, 4) is 17.6 Å². The summed E-state index contributed by atoms with van der Waals surface area (Å²) in [6, 6.07) is 13.0. The van der Waals surface area contributed by atoms with Crippen LogP contribution in [0.5, 0.6) is 11.5 Å². The maximum absolute atomic E-state index is 12.3. The van der Waals surface area contributed by atoms with Crippen LogP contribution in [0.3, 0.4) is 0 Å². The number of anilines is 1. The Hall–Kier alpha value is -3.26. The predicted octanol–water partition coefficient (Wildman–Crippen LogP) is 3.58. The van der Waals surface area contributed by atoms with E-state index in [0.717, 1.165) is 16.7 Å². The van der Waals surface area contributed by atoms with E-state index < -0.39 is 5.91 Å². The minimum absolute atomic E-state index is 0.0264. The first kappa shape index (κ1) is 15.6. The Kier molecular flexibility index (Phi) is 4.21. The number of carbonyl (C=O) groups is 1. The molecule has 0 aromatic heterocycles. The van der Waals surface area contributed by atoms with Crippen molar-refractivity contribution in [3.63, 3.8) is 0 Å². The Bertz CT molecular complexity index is 879. The van der Waals surface area contributed by atoms with Crippen LogP contribution in [0, 0.1) is 25.2 Å². The van der Waals surface area contributed by atoms with E-state index in [1.165, 1.54) is 0 Å². The van der Waals surface area contributed by atoms with E-state index in [1.807, 2.05) is 44.2 Å². The molecule has 0 fully saturated rings. The topological polar surface area (TPSA) is 71.4 Å². The van der Waals surface area contributed by atoms with Crippen molar-refractivity contribution in [1.82, 2.24) is 0 Å². The van der Waals surface area contributed by atoms with Gasteiger partial charge in [0.25, 0.3) is 5.91 Å². The Balaban J connectivity index is 1.87. The lowest BCUT2D eigenvalue weighted by Crippen LogP contribution is -2.13. The zero-order chi connectivity index (χ0) is 17.1.